The van der Waals surface area contributed by atoms with Crippen LogP contribution in [0, 0.1) is 5.92 Å². The predicted molar refractivity (Wildman–Crippen MR) is 48.0 cm³/mol. The standard InChI is InChI=1S/C9H13NO4/c11-6-3-8(12)7-1-4-10(5-2-7)9(13)14/h6-7H,1-5H2,(H,13,14). The number of piperidine rings is 1. The van der Waals surface area contributed by atoms with E-state index in [2.05, 4.69) is 0 Å². The summed E-state index contributed by atoms with van der Waals surface area (Å²) in [6.45, 7) is 0.787. The monoisotopic (exact) mass is 199 g/mol. The second kappa shape index (κ2) is 4.74. The van der Waals surface area contributed by atoms with Crippen molar-refractivity contribution in [2.75, 3.05) is 13.1 Å². The molecule has 1 N–H and O–H groups in total. The van der Waals surface area contributed by atoms with E-state index < -0.39 is 6.09 Å². The fraction of sp³-hybridized carbons (Fsp3) is 0.667. The van der Waals surface area contributed by atoms with E-state index in [1.165, 1.54) is 4.90 Å². The number of ketones is 1. The van der Waals surface area contributed by atoms with Crippen LogP contribution in [0.1, 0.15) is 19.3 Å². The van der Waals surface area contributed by atoms with Gasteiger partial charge in [0, 0.05) is 19.0 Å². The van der Waals surface area contributed by atoms with Gasteiger partial charge in [-0.25, -0.2) is 4.79 Å². The highest BCUT2D eigenvalue weighted by atomic mass is 16.4. The summed E-state index contributed by atoms with van der Waals surface area (Å²) in [4.78, 5) is 33.2. The number of hydrogen-bond donors (Lipinski definition) is 1. The average molecular weight is 199 g/mol. The van der Waals surface area contributed by atoms with Gasteiger partial charge >= 0.3 is 6.09 Å². The van der Waals surface area contributed by atoms with Crippen LogP contribution in [0.2, 0.25) is 0 Å². The van der Waals surface area contributed by atoms with Crippen LogP contribution in [-0.4, -0.2) is 41.3 Å². The zero-order valence-corrected chi connectivity index (χ0v) is 7.81. The van der Waals surface area contributed by atoms with Crippen molar-refractivity contribution in [2.24, 2.45) is 5.92 Å². The third-order valence-electron chi connectivity index (χ3n) is 2.51. The minimum Gasteiger partial charge on any atom is -0.465 e. The molecule has 1 amide bonds. The quantitative estimate of drug-likeness (QED) is 0.531. The van der Waals surface area contributed by atoms with E-state index in [4.69, 9.17) is 5.11 Å². The fourth-order valence-corrected chi connectivity index (χ4v) is 1.64. The molecule has 0 aliphatic carbocycles. The molecule has 0 aromatic heterocycles. The topological polar surface area (TPSA) is 74.7 Å². The largest absolute Gasteiger partial charge is 0.465 e. The van der Waals surface area contributed by atoms with Crippen molar-refractivity contribution in [1.29, 1.82) is 0 Å². The molecule has 1 saturated heterocycles. The van der Waals surface area contributed by atoms with E-state index in [0.29, 0.717) is 32.2 Å². The lowest BCUT2D eigenvalue weighted by molar-refractivity contribution is -0.126. The lowest BCUT2D eigenvalue weighted by Crippen LogP contribution is -2.39. The minimum absolute atomic E-state index is 0.0439. The summed E-state index contributed by atoms with van der Waals surface area (Å²) in [5.41, 5.74) is 0. The number of carbonyl (C=O) groups is 3. The zero-order valence-electron chi connectivity index (χ0n) is 7.81. The molecule has 0 spiro atoms. The molecule has 1 heterocycles. The number of carboxylic acid groups (broad SMARTS) is 1. The Labute approximate surface area is 81.7 Å². The van der Waals surface area contributed by atoms with E-state index >= 15 is 0 Å². The highest BCUT2D eigenvalue weighted by Crippen LogP contribution is 2.18. The maximum absolute atomic E-state index is 11.3. The molecule has 14 heavy (non-hydrogen) atoms. The number of amides is 1. The van der Waals surface area contributed by atoms with E-state index in [-0.39, 0.29) is 18.1 Å². The van der Waals surface area contributed by atoms with Crippen LogP contribution in [0.25, 0.3) is 0 Å². The number of carbonyl (C=O) groups excluding carboxylic acids is 2. The van der Waals surface area contributed by atoms with Crippen molar-refractivity contribution in [3.05, 3.63) is 0 Å². The van der Waals surface area contributed by atoms with Gasteiger partial charge in [-0.05, 0) is 12.8 Å². The molecular formula is C9H13NO4. The van der Waals surface area contributed by atoms with Gasteiger partial charge in [0.05, 0.1) is 6.42 Å². The van der Waals surface area contributed by atoms with Gasteiger partial charge < -0.3 is 14.8 Å². The number of likely N-dealkylation sites (tertiary alicyclic amines) is 1. The second-order valence-corrected chi connectivity index (χ2v) is 3.38. The summed E-state index contributed by atoms with van der Waals surface area (Å²) in [7, 11) is 0. The Morgan fingerprint density at radius 1 is 1.36 bits per heavy atom. The van der Waals surface area contributed by atoms with Gasteiger partial charge in [-0.15, -0.1) is 0 Å². The summed E-state index contributed by atoms with van der Waals surface area (Å²) in [5, 5.41) is 8.65. The number of aldehydes is 1. The Hall–Kier alpha value is -1.39. The molecular weight excluding hydrogens is 186 g/mol. The first-order chi connectivity index (χ1) is 6.65. The maximum Gasteiger partial charge on any atom is 0.407 e. The van der Waals surface area contributed by atoms with Crippen LogP contribution < -0.4 is 0 Å². The molecule has 0 unspecified atom stereocenters. The van der Waals surface area contributed by atoms with Crippen molar-refractivity contribution in [3.8, 4) is 0 Å². The van der Waals surface area contributed by atoms with Crippen LogP contribution in [0.4, 0.5) is 4.79 Å². The summed E-state index contributed by atoms with van der Waals surface area (Å²) in [6, 6.07) is 0. The second-order valence-electron chi connectivity index (χ2n) is 3.38. The summed E-state index contributed by atoms with van der Waals surface area (Å²) in [5.74, 6) is -0.194. The zero-order chi connectivity index (χ0) is 10.6. The van der Waals surface area contributed by atoms with Gasteiger partial charge in [0.15, 0.2) is 0 Å². The molecule has 0 atom stereocenters. The Morgan fingerprint density at radius 3 is 2.36 bits per heavy atom. The molecule has 0 radical (unpaired) electrons. The lowest BCUT2D eigenvalue weighted by Gasteiger charge is -2.28. The molecule has 0 saturated carbocycles. The number of rotatable bonds is 3. The summed E-state index contributed by atoms with van der Waals surface area (Å²) in [6.07, 6.45) is 0.702. The SMILES string of the molecule is O=CCC(=O)C1CCN(C(=O)O)CC1. The number of Topliss-reactive ketones (excluding diaryl/α,β-unsaturated/α-hetero) is 1. The van der Waals surface area contributed by atoms with Crippen LogP contribution in [0.15, 0.2) is 0 Å². The van der Waals surface area contributed by atoms with Crippen LogP contribution >= 0.6 is 0 Å². The van der Waals surface area contributed by atoms with Crippen molar-refractivity contribution < 1.29 is 19.5 Å². The van der Waals surface area contributed by atoms with Gasteiger partial charge in [-0.2, -0.15) is 0 Å². The van der Waals surface area contributed by atoms with Crippen LogP contribution in [0.5, 0.6) is 0 Å². The van der Waals surface area contributed by atoms with Crippen molar-refractivity contribution in [2.45, 2.75) is 19.3 Å². The van der Waals surface area contributed by atoms with Gasteiger partial charge in [0.1, 0.15) is 12.1 Å². The predicted octanol–water partition coefficient (Wildman–Crippen LogP) is 0.534. The first-order valence-corrected chi connectivity index (χ1v) is 4.59. The van der Waals surface area contributed by atoms with E-state index in [1.54, 1.807) is 0 Å². The third kappa shape index (κ3) is 2.55. The molecule has 0 aromatic carbocycles. The van der Waals surface area contributed by atoms with E-state index in [9.17, 15) is 14.4 Å². The number of hydrogen-bond acceptors (Lipinski definition) is 3. The Balaban J connectivity index is 2.38. The Morgan fingerprint density at radius 2 is 1.93 bits per heavy atom. The van der Waals surface area contributed by atoms with Crippen LogP contribution in [0.3, 0.4) is 0 Å². The van der Waals surface area contributed by atoms with Gasteiger partial charge in [0.2, 0.25) is 0 Å². The molecule has 1 rings (SSSR count). The maximum atomic E-state index is 11.3. The van der Waals surface area contributed by atoms with Crippen molar-refractivity contribution in [3.63, 3.8) is 0 Å². The van der Waals surface area contributed by atoms with Crippen LogP contribution in [-0.2, 0) is 9.59 Å². The first kappa shape index (κ1) is 10.7. The van der Waals surface area contributed by atoms with Gasteiger partial charge in [-0.3, -0.25) is 4.79 Å². The molecule has 1 aliphatic heterocycles. The first-order valence-electron chi connectivity index (χ1n) is 4.59. The summed E-state index contributed by atoms with van der Waals surface area (Å²) < 4.78 is 0. The third-order valence-corrected chi connectivity index (χ3v) is 2.51. The highest BCUT2D eigenvalue weighted by Gasteiger charge is 2.26. The normalized spacial score (nSPS) is 17.9. The van der Waals surface area contributed by atoms with Gasteiger partial charge in [0.25, 0.3) is 0 Å². The molecule has 0 bridgehead atoms. The minimum atomic E-state index is -0.939. The van der Waals surface area contributed by atoms with Crippen molar-refractivity contribution >= 4 is 18.2 Å². The molecule has 5 heteroatoms. The Kier molecular flexibility index (Phi) is 3.62. The summed E-state index contributed by atoms with van der Waals surface area (Å²) >= 11 is 0. The Bertz CT molecular complexity index is 243. The number of nitrogens with zero attached hydrogens (tertiary/aromatic N) is 1. The molecule has 1 fully saturated rings. The van der Waals surface area contributed by atoms with Gasteiger partial charge in [-0.1, -0.05) is 0 Å². The smallest absolute Gasteiger partial charge is 0.407 e. The fourth-order valence-electron chi connectivity index (χ4n) is 1.64. The lowest BCUT2D eigenvalue weighted by atomic mass is 9.91. The molecule has 0 aromatic rings. The van der Waals surface area contributed by atoms with E-state index in [1.807, 2.05) is 0 Å². The van der Waals surface area contributed by atoms with Crippen molar-refractivity contribution in [1.82, 2.24) is 4.90 Å². The molecule has 5 nitrogen and oxygen atoms in total. The molecule has 78 valence electrons. The molecule has 1 aliphatic rings. The highest BCUT2D eigenvalue weighted by molar-refractivity contribution is 5.91. The average Bonchev–Trinajstić information content (AvgIpc) is 2.18. The van der Waals surface area contributed by atoms with E-state index in [0.717, 1.165) is 0 Å².